The molecule has 0 aromatic heterocycles. The lowest BCUT2D eigenvalue weighted by atomic mass is 9.59. The SMILES string of the molecule is CC(=O)c1ccc(N2C(=O)C3CC=C4C(c5ccc(O)c(C)c5)C5=C(CC4C3C2=O)C(=O)C=C(C)C5=O)cc1. The third-order valence-electron chi connectivity index (χ3n) is 8.65. The zero-order valence-electron chi connectivity index (χ0n) is 21.9. The summed E-state index contributed by atoms with van der Waals surface area (Å²) < 4.78 is 0. The maximum Gasteiger partial charge on any atom is 0.238 e. The molecule has 7 nitrogen and oxygen atoms in total. The third-order valence-corrected chi connectivity index (χ3v) is 8.65. The van der Waals surface area contributed by atoms with E-state index < -0.39 is 23.7 Å². The average molecular weight is 522 g/mol. The molecular weight excluding hydrogens is 494 g/mol. The Hall–Kier alpha value is -4.39. The molecule has 1 N–H and O–H groups in total. The molecule has 196 valence electrons. The molecule has 2 amide bonds. The second-order valence-corrected chi connectivity index (χ2v) is 10.9. The highest BCUT2D eigenvalue weighted by molar-refractivity contribution is 6.25. The van der Waals surface area contributed by atoms with Crippen molar-refractivity contribution in [2.24, 2.45) is 17.8 Å². The fourth-order valence-electron chi connectivity index (χ4n) is 6.70. The minimum Gasteiger partial charge on any atom is -0.508 e. The van der Waals surface area contributed by atoms with Crippen molar-refractivity contribution in [1.82, 2.24) is 0 Å². The zero-order chi connectivity index (χ0) is 27.7. The fourth-order valence-corrected chi connectivity index (χ4v) is 6.70. The van der Waals surface area contributed by atoms with Crippen LogP contribution < -0.4 is 4.90 Å². The van der Waals surface area contributed by atoms with E-state index in [1.807, 2.05) is 12.1 Å². The van der Waals surface area contributed by atoms with Crippen molar-refractivity contribution in [1.29, 1.82) is 0 Å². The largest absolute Gasteiger partial charge is 0.508 e. The molecule has 6 rings (SSSR count). The van der Waals surface area contributed by atoms with Crippen LogP contribution in [0.4, 0.5) is 5.69 Å². The summed E-state index contributed by atoms with van der Waals surface area (Å²) in [6, 6.07) is 11.6. The molecule has 7 heteroatoms. The molecule has 0 radical (unpaired) electrons. The van der Waals surface area contributed by atoms with Crippen molar-refractivity contribution in [2.75, 3.05) is 4.90 Å². The van der Waals surface area contributed by atoms with Gasteiger partial charge in [0.1, 0.15) is 5.75 Å². The summed E-state index contributed by atoms with van der Waals surface area (Å²) in [6.07, 6.45) is 3.89. The number of phenols is 1. The molecule has 1 saturated heterocycles. The van der Waals surface area contributed by atoms with Crippen molar-refractivity contribution >= 4 is 34.9 Å². The Balaban J connectivity index is 1.46. The molecule has 4 unspecified atom stereocenters. The van der Waals surface area contributed by atoms with Gasteiger partial charge in [0.05, 0.1) is 17.5 Å². The molecular formula is C32H27NO6. The summed E-state index contributed by atoms with van der Waals surface area (Å²) >= 11 is 0. The minimum atomic E-state index is -0.672. The Morgan fingerprint density at radius 3 is 2.33 bits per heavy atom. The standard InChI is InChI=1S/C32H27NO6/c1-15-12-19(6-11-25(15)35)27-21-9-10-22-28(23(21)14-24-26(36)13-16(2)30(37)29(24)27)32(39)33(31(22)38)20-7-4-18(5-8-20)17(3)34/h4-9,11-13,22-23,27-28,35H,10,14H2,1-3H3. The number of hydrogen-bond acceptors (Lipinski definition) is 6. The van der Waals surface area contributed by atoms with Gasteiger partial charge < -0.3 is 5.11 Å². The summed E-state index contributed by atoms with van der Waals surface area (Å²) in [6.45, 7) is 4.86. The van der Waals surface area contributed by atoms with E-state index >= 15 is 0 Å². The van der Waals surface area contributed by atoms with E-state index in [0.29, 0.717) is 40.0 Å². The first-order valence-electron chi connectivity index (χ1n) is 13.1. The van der Waals surface area contributed by atoms with Gasteiger partial charge in [-0.15, -0.1) is 0 Å². The summed E-state index contributed by atoms with van der Waals surface area (Å²) in [7, 11) is 0. The highest BCUT2D eigenvalue weighted by atomic mass is 16.3. The number of anilines is 1. The van der Waals surface area contributed by atoms with Crippen molar-refractivity contribution in [2.45, 2.75) is 39.5 Å². The van der Waals surface area contributed by atoms with Crippen molar-refractivity contribution in [3.63, 3.8) is 0 Å². The quantitative estimate of drug-likeness (QED) is 0.275. The number of aromatic hydroxyl groups is 1. The van der Waals surface area contributed by atoms with E-state index in [9.17, 15) is 29.1 Å². The van der Waals surface area contributed by atoms with E-state index in [0.717, 1.165) is 11.1 Å². The van der Waals surface area contributed by atoms with Crippen LogP contribution in [0.5, 0.6) is 5.75 Å². The number of carbonyl (C=O) groups excluding carboxylic acids is 5. The van der Waals surface area contributed by atoms with Gasteiger partial charge in [-0.2, -0.15) is 0 Å². The average Bonchev–Trinajstić information content (AvgIpc) is 3.17. The van der Waals surface area contributed by atoms with E-state index in [1.54, 1.807) is 50.2 Å². The molecule has 4 aliphatic rings. The lowest BCUT2D eigenvalue weighted by Crippen LogP contribution is -2.39. The highest BCUT2D eigenvalue weighted by Crippen LogP contribution is 2.55. The third kappa shape index (κ3) is 3.67. The first-order valence-corrected chi connectivity index (χ1v) is 13.1. The number of aryl methyl sites for hydroxylation is 1. The molecule has 0 bridgehead atoms. The number of carbonyl (C=O) groups is 5. The number of rotatable bonds is 3. The summed E-state index contributed by atoms with van der Waals surface area (Å²) in [4.78, 5) is 67.1. The molecule has 1 fully saturated rings. The summed E-state index contributed by atoms with van der Waals surface area (Å²) in [5.74, 6) is -3.26. The Morgan fingerprint density at radius 1 is 0.949 bits per heavy atom. The molecule has 4 atom stereocenters. The summed E-state index contributed by atoms with van der Waals surface area (Å²) in [5.41, 5.74) is 4.37. The molecule has 0 spiro atoms. The molecule has 1 heterocycles. The van der Waals surface area contributed by atoms with Crippen LogP contribution in [0.3, 0.4) is 0 Å². The second kappa shape index (κ2) is 8.83. The van der Waals surface area contributed by atoms with E-state index in [4.69, 9.17) is 0 Å². The van der Waals surface area contributed by atoms with Crippen LogP contribution in [0.25, 0.3) is 0 Å². The van der Waals surface area contributed by atoms with Gasteiger partial charge in [-0.3, -0.25) is 28.9 Å². The molecule has 39 heavy (non-hydrogen) atoms. The van der Waals surface area contributed by atoms with Gasteiger partial charge in [-0.05, 0) is 87.1 Å². The number of ketones is 3. The zero-order valence-corrected chi connectivity index (χ0v) is 21.9. The van der Waals surface area contributed by atoms with Gasteiger partial charge >= 0.3 is 0 Å². The van der Waals surface area contributed by atoms with Gasteiger partial charge in [-0.1, -0.05) is 23.8 Å². The number of phenolic OH excluding ortho intramolecular Hbond substituents is 1. The van der Waals surface area contributed by atoms with Crippen LogP contribution in [-0.2, 0) is 19.2 Å². The van der Waals surface area contributed by atoms with Crippen molar-refractivity contribution < 1.29 is 29.1 Å². The minimum absolute atomic E-state index is 0.110. The molecule has 2 aromatic carbocycles. The topological polar surface area (TPSA) is 109 Å². The summed E-state index contributed by atoms with van der Waals surface area (Å²) in [5, 5.41) is 10.2. The van der Waals surface area contributed by atoms with Gasteiger partial charge in [-0.25, -0.2) is 0 Å². The molecule has 2 aromatic rings. The van der Waals surface area contributed by atoms with Gasteiger partial charge in [0.2, 0.25) is 11.8 Å². The van der Waals surface area contributed by atoms with Gasteiger partial charge in [0, 0.05) is 28.2 Å². The lowest BCUT2D eigenvalue weighted by molar-refractivity contribution is -0.123. The van der Waals surface area contributed by atoms with Crippen molar-refractivity contribution in [3.05, 3.63) is 93.6 Å². The number of benzene rings is 2. The van der Waals surface area contributed by atoms with Crippen LogP contribution in [-0.4, -0.2) is 34.3 Å². The monoisotopic (exact) mass is 521 g/mol. The number of amides is 2. The first-order chi connectivity index (χ1) is 18.6. The highest BCUT2D eigenvalue weighted by Gasteiger charge is 2.56. The van der Waals surface area contributed by atoms with Crippen LogP contribution in [0.15, 0.2) is 76.9 Å². The second-order valence-electron chi connectivity index (χ2n) is 10.9. The first kappa shape index (κ1) is 24.9. The number of Topliss-reactive ketones (excluding diaryl/α,β-unsaturated/α-hetero) is 2. The lowest BCUT2D eigenvalue weighted by Gasteiger charge is -2.42. The Labute approximate surface area is 225 Å². The van der Waals surface area contributed by atoms with E-state index in [1.165, 1.54) is 17.9 Å². The Morgan fingerprint density at radius 2 is 1.67 bits per heavy atom. The van der Waals surface area contributed by atoms with Crippen LogP contribution in [0, 0.1) is 24.7 Å². The number of allylic oxidation sites excluding steroid dienone is 6. The maximum atomic E-state index is 13.9. The predicted molar refractivity (Wildman–Crippen MR) is 143 cm³/mol. The number of hydrogen-bond donors (Lipinski definition) is 1. The Kier molecular flexibility index (Phi) is 5.64. The van der Waals surface area contributed by atoms with Crippen LogP contribution in [0.1, 0.15) is 54.1 Å². The smallest absolute Gasteiger partial charge is 0.238 e. The van der Waals surface area contributed by atoms with Crippen LogP contribution >= 0.6 is 0 Å². The van der Waals surface area contributed by atoms with Gasteiger partial charge in [0.25, 0.3) is 0 Å². The number of fused-ring (bicyclic) bond motifs is 3. The maximum absolute atomic E-state index is 13.9. The molecule has 0 saturated carbocycles. The normalized spacial score (nSPS) is 26.2. The molecule has 1 aliphatic heterocycles. The van der Waals surface area contributed by atoms with Gasteiger partial charge in [0.15, 0.2) is 17.3 Å². The van der Waals surface area contributed by atoms with E-state index in [2.05, 4.69) is 0 Å². The predicted octanol–water partition coefficient (Wildman–Crippen LogP) is 4.54. The fraction of sp³-hybridized carbons (Fsp3) is 0.281. The number of imide groups is 1. The van der Waals surface area contributed by atoms with E-state index in [-0.39, 0.29) is 41.3 Å². The van der Waals surface area contributed by atoms with Crippen LogP contribution in [0.2, 0.25) is 0 Å². The number of nitrogens with zero attached hydrogens (tertiary/aromatic N) is 1. The Bertz CT molecular complexity index is 1610. The molecule has 3 aliphatic carbocycles. The van der Waals surface area contributed by atoms with Crippen molar-refractivity contribution in [3.8, 4) is 5.75 Å².